The molecule has 0 amide bonds. The summed E-state index contributed by atoms with van der Waals surface area (Å²) in [6, 6.07) is 6.27. The van der Waals surface area contributed by atoms with E-state index in [-0.39, 0.29) is 6.04 Å². The summed E-state index contributed by atoms with van der Waals surface area (Å²) >= 11 is 0. The predicted octanol–water partition coefficient (Wildman–Crippen LogP) is 2.18. The molecule has 17 heavy (non-hydrogen) atoms. The van der Waals surface area contributed by atoms with Crippen molar-refractivity contribution in [2.45, 2.75) is 26.3 Å². The first-order valence-corrected chi connectivity index (χ1v) is 5.87. The van der Waals surface area contributed by atoms with Crippen molar-refractivity contribution in [2.75, 3.05) is 0 Å². The number of nitrogens with zero attached hydrogens (tertiary/aromatic N) is 2. The third kappa shape index (κ3) is 2.78. The van der Waals surface area contributed by atoms with Gasteiger partial charge >= 0.3 is 0 Å². The maximum Gasteiger partial charge on any atom is 0.0890 e. The summed E-state index contributed by atoms with van der Waals surface area (Å²) in [5, 5.41) is 0. The summed E-state index contributed by atoms with van der Waals surface area (Å²) in [4.78, 5) is 8.56. The molecule has 1 heterocycles. The number of hydrazine groups is 1. The van der Waals surface area contributed by atoms with Crippen LogP contribution < -0.4 is 11.3 Å². The number of rotatable bonds is 4. The summed E-state index contributed by atoms with van der Waals surface area (Å²) < 4.78 is 0. The number of benzene rings is 1. The number of fused-ring (bicyclic) bond motifs is 1. The lowest BCUT2D eigenvalue weighted by atomic mass is 9.97. The molecule has 0 aliphatic heterocycles. The van der Waals surface area contributed by atoms with Gasteiger partial charge in [-0.1, -0.05) is 19.9 Å². The Balaban J connectivity index is 2.34. The second-order valence-corrected chi connectivity index (χ2v) is 4.65. The third-order valence-corrected chi connectivity index (χ3v) is 2.80. The first-order valence-electron chi connectivity index (χ1n) is 5.87. The highest BCUT2D eigenvalue weighted by Crippen LogP contribution is 2.22. The molecule has 90 valence electrons. The van der Waals surface area contributed by atoms with Crippen molar-refractivity contribution in [3.8, 4) is 0 Å². The van der Waals surface area contributed by atoms with E-state index in [9.17, 15) is 0 Å². The molecule has 2 aromatic rings. The molecule has 0 fully saturated rings. The first-order chi connectivity index (χ1) is 8.20. The Bertz CT molecular complexity index is 495. The average Bonchev–Trinajstić information content (AvgIpc) is 2.35. The van der Waals surface area contributed by atoms with Crippen LogP contribution in [-0.4, -0.2) is 9.97 Å². The van der Waals surface area contributed by atoms with E-state index in [1.54, 1.807) is 12.4 Å². The minimum Gasteiger partial charge on any atom is -0.271 e. The van der Waals surface area contributed by atoms with Gasteiger partial charge in [-0.25, -0.2) is 0 Å². The molecule has 4 nitrogen and oxygen atoms in total. The fourth-order valence-corrected chi connectivity index (χ4v) is 1.97. The molecule has 1 aromatic carbocycles. The molecule has 0 radical (unpaired) electrons. The molecule has 2 rings (SSSR count). The Kier molecular flexibility index (Phi) is 3.66. The SMILES string of the molecule is CC(C)CC(NN)c1ccc2nccnc2c1. The van der Waals surface area contributed by atoms with Gasteiger partial charge in [0.05, 0.1) is 11.0 Å². The van der Waals surface area contributed by atoms with E-state index in [0.29, 0.717) is 5.92 Å². The van der Waals surface area contributed by atoms with Crippen LogP contribution >= 0.6 is 0 Å². The van der Waals surface area contributed by atoms with E-state index in [1.807, 2.05) is 6.07 Å². The van der Waals surface area contributed by atoms with Crippen molar-refractivity contribution < 1.29 is 0 Å². The molecule has 3 N–H and O–H groups in total. The maximum atomic E-state index is 5.61. The van der Waals surface area contributed by atoms with Crippen molar-refractivity contribution >= 4 is 11.0 Å². The monoisotopic (exact) mass is 230 g/mol. The summed E-state index contributed by atoms with van der Waals surface area (Å²) in [7, 11) is 0. The Morgan fingerprint density at radius 2 is 1.88 bits per heavy atom. The number of nitrogens with one attached hydrogen (secondary N) is 1. The molecule has 4 heteroatoms. The average molecular weight is 230 g/mol. The van der Waals surface area contributed by atoms with E-state index in [2.05, 4.69) is 41.4 Å². The van der Waals surface area contributed by atoms with Crippen LogP contribution in [0.5, 0.6) is 0 Å². The molecular weight excluding hydrogens is 212 g/mol. The molecule has 0 saturated heterocycles. The molecule has 1 unspecified atom stereocenters. The molecule has 0 aliphatic rings. The Morgan fingerprint density at radius 1 is 1.18 bits per heavy atom. The van der Waals surface area contributed by atoms with Crippen molar-refractivity contribution in [2.24, 2.45) is 11.8 Å². The normalized spacial score (nSPS) is 13.2. The fourth-order valence-electron chi connectivity index (χ4n) is 1.97. The standard InChI is InChI=1S/C13H18N4/c1-9(2)7-12(17-14)10-3-4-11-13(8-10)16-6-5-15-11/h3-6,8-9,12,17H,7,14H2,1-2H3. The van der Waals surface area contributed by atoms with Crippen LogP contribution in [0.25, 0.3) is 11.0 Å². The highest BCUT2D eigenvalue weighted by atomic mass is 15.2. The van der Waals surface area contributed by atoms with Gasteiger partial charge in [-0.15, -0.1) is 0 Å². The van der Waals surface area contributed by atoms with Gasteiger partial charge in [0.1, 0.15) is 0 Å². The van der Waals surface area contributed by atoms with Gasteiger partial charge in [-0.05, 0) is 30.0 Å². The lowest BCUT2D eigenvalue weighted by molar-refractivity contribution is 0.438. The predicted molar refractivity (Wildman–Crippen MR) is 69.1 cm³/mol. The zero-order valence-electron chi connectivity index (χ0n) is 10.2. The lowest BCUT2D eigenvalue weighted by Crippen LogP contribution is -2.29. The van der Waals surface area contributed by atoms with E-state index in [0.717, 1.165) is 23.0 Å². The van der Waals surface area contributed by atoms with E-state index in [4.69, 9.17) is 5.84 Å². The first kappa shape index (κ1) is 12.0. The number of hydrogen-bond acceptors (Lipinski definition) is 4. The summed E-state index contributed by atoms with van der Waals surface area (Å²) in [5.74, 6) is 6.20. The highest BCUT2D eigenvalue weighted by molar-refractivity contribution is 5.74. The van der Waals surface area contributed by atoms with Crippen molar-refractivity contribution in [3.63, 3.8) is 0 Å². The van der Waals surface area contributed by atoms with Crippen molar-refractivity contribution in [1.29, 1.82) is 0 Å². The second-order valence-electron chi connectivity index (χ2n) is 4.65. The lowest BCUT2D eigenvalue weighted by Gasteiger charge is -2.18. The van der Waals surface area contributed by atoms with Crippen LogP contribution in [0.3, 0.4) is 0 Å². The van der Waals surface area contributed by atoms with E-state index >= 15 is 0 Å². The van der Waals surface area contributed by atoms with Gasteiger partial charge in [0.15, 0.2) is 0 Å². The number of nitrogens with two attached hydrogens (primary N) is 1. The maximum absolute atomic E-state index is 5.61. The number of aromatic nitrogens is 2. The Morgan fingerprint density at radius 3 is 2.53 bits per heavy atom. The smallest absolute Gasteiger partial charge is 0.0890 e. The van der Waals surface area contributed by atoms with Gasteiger partial charge in [0.2, 0.25) is 0 Å². The minimum absolute atomic E-state index is 0.168. The van der Waals surface area contributed by atoms with Gasteiger partial charge in [0.25, 0.3) is 0 Å². The highest BCUT2D eigenvalue weighted by Gasteiger charge is 2.12. The van der Waals surface area contributed by atoms with Crippen molar-refractivity contribution in [3.05, 3.63) is 36.2 Å². The topological polar surface area (TPSA) is 63.8 Å². The van der Waals surface area contributed by atoms with Gasteiger partial charge in [-0.3, -0.25) is 21.2 Å². The Hall–Kier alpha value is -1.52. The largest absolute Gasteiger partial charge is 0.271 e. The van der Waals surface area contributed by atoms with E-state index in [1.165, 1.54) is 0 Å². The van der Waals surface area contributed by atoms with Gasteiger partial charge < -0.3 is 0 Å². The van der Waals surface area contributed by atoms with Gasteiger partial charge in [0, 0.05) is 18.4 Å². The zero-order chi connectivity index (χ0) is 12.3. The summed E-state index contributed by atoms with van der Waals surface area (Å²) in [6.07, 6.45) is 4.41. The molecule has 1 atom stereocenters. The molecule has 0 aliphatic carbocycles. The summed E-state index contributed by atoms with van der Waals surface area (Å²) in [5.41, 5.74) is 5.85. The van der Waals surface area contributed by atoms with Crippen LogP contribution in [0.15, 0.2) is 30.6 Å². The van der Waals surface area contributed by atoms with Crippen LogP contribution in [-0.2, 0) is 0 Å². The molecular formula is C13H18N4. The summed E-state index contributed by atoms with van der Waals surface area (Å²) in [6.45, 7) is 4.37. The zero-order valence-corrected chi connectivity index (χ0v) is 10.2. The second kappa shape index (κ2) is 5.21. The number of hydrogen-bond donors (Lipinski definition) is 2. The van der Waals surface area contributed by atoms with E-state index < -0.39 is 0 Å². The fraction of sp³-hybridized carbons (Fsp3) is 0.385. The van der Waals surface area contributed by atoms with Crippen LogP contribution in [0.1, 0.15) is 31.9 Å². The molecule has 0 saturated carbocycles. The van der Waals surface area contributed by atoms with Crippen molar-refractivity contribution in [1.82, 2.24) is 15.4 Å². The van der Waals surface area contributed by atoms with Crippen LogP contribution in [0.2, 0.25) is 0 Å². The third-order valence-electron chi connectivity index (χ3n) is 2.80. The molecule has 1 aromatic heterocycles. The minimum atomic E-state index is 0.168. The molecule has 0 bridgehead atoms. The van der Waals surface area contributed by atoms with Gasteiger partial charge in [-0.2, -0.15) is 0 Å². The quantitative estimate of drug-likeness (QED) is 0.624. The Labute approximate surface area is 101 Å². The van der Waals surface area contributed by atoms with Crippen LogP contribution in [0, 0.1) is 5.92 Å². The molecule has 0 spiro atoms. The van der Waals surface area contributed by atoms with Crippen LogP contribution in [0.4, 0.5) is 0 Å².